The number of thioether (sulfide) groups is 1. The summed E-state index contributed by atoms with van der Waals surface area (Å²) < 4.78 is 13.1. The molecule has 1 aliphatic heterocycles. The average molecular weight is 253 g/mol. The van der Waals surface area contributed by atoms with Crippen LogP contribution in [0.5, 0.6) is 0 Å². The number of carbonyl (C=O) groups is 1. The number of nitrogens with zero attached hydrogens (tertiary/aromatic N) is 1. The first-order valence-electron chi connectivity index (χ1n) is 5.95. The van der Waals surface area contributed by atoms with E-state index < -0.39 is 0 Å². The molecule has 1 heterocycles. The van der Waals surface area contributed by atoms with E-state index in [1.165, 1.54) is 23.9 Å². The number of fused-ring (bicyclic) bond motifs is 1. The van der Waals surface area contributed by atoms with Gasteiger partial charge in [0.1, 0.15) is 5.82 Å². The number of unbranched alkanes of at least 4 members (excludes halogenated alkanes) is 2. The van der Waals surface area contributed by atoms with Crippen molar-refractivity contribution < 1.29 is 9.18 Å². The molecular formula is C13H16FNOS. The van der Waals surface area contributed by atoms with Crippen LogP contribution in [0, 0.1) is 5.82 Å². The molecule has 0 bridgehead atoms. The van der Waals surface area contributed by atoms with Crippen LogP contribution in [0.25, 0.3) is 0 Å². The maximum absolute atomic E-state index is 13.1. The fraction of sp³-hybridized carbons (Fsp3) is 0.462. The van der Waals surface area contributed by atoms with Gasteiger partial charge >= 0.3 is 0 Å². The second kappa shape index (κ2) is 5.54. The van der Waals surface area contributed by atoms with Crippen LogP contribution < -0.4 is 4.90 Å². The lowest BCUT2D eigenvalue weighted by atomic mass is 10.2. The molecule has 2 nitrogen and oxygen atoms in total. The van der Waals surface area contributed by atoms with Gasteiger partial charge in [0.25, 0.3) is 0 Å². The third-order valence-corrected chi connectivity index (χ3v) is 3.88. The number of anilines is 1. The Kier molecular flexibility index (Phi) is 4.05. The zero-order valence-electron chi connectivity index (χ0n) is 9.91. The van der Waals surface area contributed by atoms with Crippen molar-refractivity contribution in [1.29, 1.82) is 0 Å². The van der Waals surface area contributed by atoms with Crippen LogP contribution in [0.2, 0.25) is 0 Å². The van der Waals surface area contributed by atoms with Crippen LogP contribution in [-0.4, -0.2) is 18.2 Å². The summed E-state index contributed by atoms with van der Waals surface area (Å²) >= 11 is 1.42. The maximum Gasteiger partial charge on any atom is 0.237 e. The van der Waals surface area contributed by atoms with Gasteiger partial charge in [-0.25, -0.2) is 4.39 Å². The Balaban J connectivity index is 2.18. The summed E-state index contributed by atoms with van der Waals surface area (Å²) in [6.07, 6.45) is 3.25. The van der Waals surface area contributed by atoms with Crippen molar-refractivity contribution in [3.05, 3.63) is 24.0 Å². The standard InChI is InChI=1S/C13H16FNOS/c1-2-3-4-7-15-11-6-5-10(14)8-12(11)17-9-13(15)16/h5-6,8H,2-4,7,9H2,1H3. The van der Waals surface area contributed by atoms with Crippen molar-refractivity contribution in [2.24, 2.45) is 0 Å². The molecule has 2 rings (SSSR count). The minimum atomic E-state index is -0.237. The van der Waals surface area contributed by atoms with Crippen LogP contribution in [-0.2, 0) is 4.79 Å². The number of amides is 1. The van der Waals surface area contributed by atoms with E-state index in [9.17, 15) is 9.18 Å². The van der Waals surface area contributed by atoms with Crippen molar-refractivity contribution in [2.45, 2.75) is 31.1 Å². The summed E-state index contributed by atoms with van der Waals surface area (Å²) in [6, 6.07) is 4.64. The summed E-state index contributed by atoms with van der Waals surface area (Å²) in [4.78, 5) is 14.5. The minimum Gasteiger partial charge on any atom is -0.311 e. The minimum absolute atomic E-state index is 0.130. The third kappa shape index (κ3) is 2.80. The smallest absolute Gasteiger partial charge is 0.237 e. The van der Waals surface area contributed by atoms with Gasteiger partial charge in [-0.3, -0.25) is 4.79 Å². The Morgan fingerprint density at radius 2 is 2.24 bits per heavy atom. The van der Waals surface area contributed by atoms with Crippen LogP contribution >= 0.6 is 11.8 Å². The van der Waals surface area contributed by atoms with Crippen molar-refractivity contribution in [2.75, 3.05) is 17.2 Å². The second-order valence-corrected chi connectivity index (χ2v) is 5.17. The SMILES string of the molecule is CCCCCN1C(=O)CSc2cc(F)ccc21. The highest BCUT2D eigenvalue weighted by molar-refractivity contribution is 8.00. The van der Waals surface area contributed by atoms with Gasteiger partial charge in [-0.2, -0.15) is 0 Å². The highest BCUT2D eigenvalue weighted by atomic mass is 32.2. The average Bonchev–Trinajstić information content (AvgIpc) is 2.32. The fourth-order valence-corrected chi connectivity index (χ4v) is 2.90. The lowest BCUT2D eigenvalue weighted by Gasteiger charge is -2.28. The number of benzene rings is 1. The largest absolute Gasteiger partial charge is 0.311 e. The van der Waals surface area contributed by atoms with Gasteiger partial charge in [0.15, 0.2) is 0 Å². The van der Waals surface area contributed by atoms with Crippen molar-refractivity contribution in [3.8, 4) is 0 Å². The Morgan fingerprint density at radius 3 is 3.00 bits per heavy atom. The molecule has 0 atom stereocenters. The first-order chi connectivity index (χ1) is 8.22. The Hall–Kier alpha value is -1.03. The molecular weight excluding hydrogens is 237 g/mol. The van der Waals surface area contributed by atoms with Gasteiger partial charge in [0.05, 0.1) is 11.4 Å². The number of rotatable bonds is 4. The molecule has 0 radical (unpaired) electrons. The van der Waals surface area contributed by atoms with Crippen molar-refractivity contribution >= 4 is 23.4 Å². The van der Waals surface area contributed by atoms with E-state index in [4.69, 9.17) is 0 Å². The Labute approximate surface area is 105 Å². The second-order valence-electron chi connectivity index (χ2n) is 4.15. The fourth-order valence-electron chi connectivity index (χ4n) is 1.94. The molecule has 0 saturated carbocycles. The molecule has 0 spiro atoms. The van der Waals surface area contributed by atoms with E-state index in [1.807, 2.05) is 0 Å². The van der Waals surface area contributed by atoms with Gasteiger partial charge in [-0.1, -0.05) is 19.8 Å². The summed E-state index contributed by atoms with van der Waals surface area (Å²) in [5.41, 5.74) is 0.865. The Morgan fingerprint density at radius 1 is 1.41 bits per heavy atom. The van der Waals surface area contributed by atoms with E-state index in [1.54, 1.807) is 11.0 Å². The van der Waals surface area contributed by atoms with Crippen LogP contribution in [0.3, 0.4) is 0 Å². The molecule has 1 aromatic carbocycles. The van der Waals surface area contributed by atoms with E-state index in [0.29, 0.717) is 5.75 Å². The molecule has 17 heavy (non-hydrogen) atoms. The summed E-state index contributed by atoms with van der Waals surface area (Å²) in [7, 11) is 0. The molecule has 0 fully saturated rings. The normalized spacial score (nSPS) is 14.9. The first-order valence-corrected chi connectivity index (χ1v) is 6.93. The molecule has 1 amide bonds. The summed E-state index contributed by atoms with van der Waals surface area (Å²) in [6.45, 7) is 2.88. The first kappa shape index (κ1) is 12.4. The predicted octanol–water partition coefficient (Wildman–Crippen LogP) is 3.45. The number of halogens is 1. The van der Waals surface area contributed by atoms with Gasteiger partial charge in [-0.15, -0.1) is 11.8 Å². The van der Waals surface area contributed by atoms with Gasteiger partial charge in [0, 0.05) is 11.4 Å². The van der Waals surface area contributed by atoms with Crippen LogP contribution in [0.4, 0.5) is 10.1 Å². The number of hydrogen-bond acceptors (Lipinski definition) is 2. The van der Waals surface area contributed by atoms with E-state index in [2.05, 4.69) is 6.92 Å². The van der Waals surface area contributed by atoms with E-state index in [0.717, 1.165) is 36.4 Å². The van der Waals surface area contributed by atoms with E-state index in [-0.39, 0.29) is 11.7 Å². The lowest BCUT2D eigenvalue weighted by Crippen LogP contribution is -2.36. The third-order valence-electron chi connectivity index (χ3n) is 2.85. The molecule has 0 saturated heterocycles. The van der Waals surface area contributed by atoms with Crippen LogP contribution in [0.15, 0.2) is 23.1 Å². The number of carbonyl (C=O) groups excluding carboxylic acids is 1. The molecule has 1 aromatic rings. The summed E-state index contributed by atoms with van der Waals surface area (Å²) in [5, 5.41) is 0. The molecule has 0 unspecified atom stereocenters. The quantitative estimate of drug-likeness (QED) is 0.766. The zero-order chi connectivity index (χ0) is 12.3. The number of hydrogen-bond donors (Lipinski definition) is 0. The predicted molar refractivity (Wildman–Crippen MR) is 69.0 cm³/mol. The Bertz CT molecular complexity index is 422. The zero-order valence-corrected chi connectivity index (χ0v) is 10.7. The van der Waals surface area contributed by atoms with Crippen molar-refractivity contribution in [3.63, 3.8) is 0 Å². The molecule has 0 aromatic heterocycles. The van der Waals surface area contributed by atoms with Crippen molar-refractivity contribution in [1.82, 2.24) is 0 Å². The van der Waals surface area contributed by atoms with Crippen LogP contribution in [0.1, 0.15) is 26.2 Å². The topological polar surface area (TPSA) is 20.3 Å². The van der Waals surface area contributed by atoms with E-state index >= 15 is 0 Å². The highest BCUT2D eigenvalue weighted by Crippen LogP contribution is 2.35. The molecule has 0 aliphatic carbocycles. The molecule has 0 N–H and O–H groups in total. The van der Waals surface area contributed by atoms with Gasteiger partial charge in [-0.05, 0) is 24.6 Å². The van der Waals surface area contributed by atoms with Gasteiger partial charge < -0.3 is 4.90 Å². The lowest BCUT2D eigenvalue weighted by molar-refractivity contribution is -0.116. The maximum atomic E-state index is 13.1. The molecule has 4 heteroatoms. The molecule has 1 aliphatic rings. The monoisotopic (exact) mass is 253 g/mol. The highest BCUT2D eigenvalue weighted by Gasteiger charge is 2.24. The summed E-state index contributed by atoms with van der Waals surface area (Å²) in [5.74, 6) is 0.312. The molecule has 92 valence electrons. The van der Waals surface area contributed by atoms with Gasteiger partial charge in [0.2, 0.25) is 5.91 Å².